The summed E-state index contributed by atoms with van der Waals surface area (Å²) in [7, 11) is 0. The van der Waals surface area contributed by atoms with Crippen molar-refractivity contribution in [2.45, 2.75) is 58.4 Å². The van der Waals surface area contributed by atoms with E-state index in [2.05, 4.69) is 5.32 Å². The lowest BCUT2D eigenvalue weighted by Crippen LogP contribution is -2.45. The van der Waals surface area contributed by atoms with E-state index in [9.17, 15) is 14.7 Å². The maximum Gasteiger partial charge on any atom is 0.326 e. The van der Waals surface area contributed by atoms with E-state index in [1.165, 1.54) is 12.0 Å². The molecule has 4 nitrogen and oxygen atoms in total. The number of nitrogens with one attached hydrogen (secondary N) is 1. The molecule has 0 aliphatic heterocycles. The fraction of sp³-hybridized carbons (Fsp3) is 0.556. The molecule has 2 rings (SSSR count). The number of carboxylic acid groups (broad SMARTS) is 1. The van der Waals surface area contributed by atoms with Crippen LogP contribution in [-0.2, 0) is 16.0 Å². The van der Waals surface area contributed by atoms with E-state index in [0.29, 0.717) is 6.42 Å². The summed E-state index contributed by atoms with van der Waals surface area (Å²) in [4.78, 5) is 23.7. The monoisotopic (exact) mass is 303 g/mol. The van der Waals surface area contributed by atoms with Gasteiger partial charge in [0, 0.05) is 12.3 Å². The van der Waals surface area contributed by atoms with Crippen molar-refractivity contribution in [1.29, 1.82) is 0 Å². The maximum atomic E-state index is 12.2. The highest BCUT2D eigenvalue weighted by Crippen LogP contribution is 2.24. The average Bonchev–Trinajstić information content (AvgIpc) is 2.51. The standard InChI is InChI=1S/C18H25NO3/c1-12-8-9-14(10-13(12)2)11-16(18(21)22)19-17(20)15-6-4-3-5-7-15/h8-10,15-16H,3-7,11H2,1-2H3,(H,19,20)(H,21,22)/t16-/m1/s1. The number of carbonyl (C=O) groups is 2. The highest BCUT2D eigenvalue weighted by atomic mass is 16.4. The van der Waals surface area contributed by atoms with Crippen LogP contribution in [0.2, 0.25) is 0 Å². The lowest BCUT2D eigenvalue weighted by atomic mass is 9.88. The van der Waals surface area contributed by atoms with Gasteiger partial charge in [0.1, 0.15) is 6.04 Å². The third kappa shape index (κ3) is 4.33. The van der Waals surface area contributed by atoms with Crippen molar-refractivity contribution in [3.05, 3.63) is 34.9 Å². The molecule has 1 aliphatic rings. The van der Waals surface area contributed by atoms with E-state index in [4.69, 9.17) is 0 Å². The van der Waals surface area contributed by atoms with Crippen LogP contribution < -0.4 is 5.32 Å². The third-order valence-corrected chi connectivity index (χ3v) is 4.60. The minimum absolute atomic E-state index is 0.0182. The second kappa shape index (κ2) is 7.43. The van der Waals surface area contributed by atoms with Crippen LogP contribution >= 0.6 is 0 Å². The Morgan fingerprint density at radius 2 is 1.86 bits per heavy atom. The lowest BCUT2D eigenvalue weighted by Gasteiger charge is -2.23. The van der Waals surface area contributed by atoms with Gasteiger partial charge < -0.3 is 10.4 Å². The summed E-state index contributed by atoms with van der Waals surface area (Å²) < 4.78 is 0. The van der Waals surface area contributed by atoms with Crippen molar-refractivity contribution in [2.75, 3.05) is 0 Å². The van der Waals surface area contributed by atoms with Gasteiger partial charge in [-0.25, -0.2) is 4.79 Å². The highest BCUT2D eigenvalue weighted by molar-refractivity contribution is 5.85. The van der Waals surface area contributed by atoms with Crippen molar-refractivity contribution in [3.8, 4) is 0 Å². The normalized spacial score (nSPS) is 17.0. The van der Waals surface area contributed by atoms with E-state index in [1.807, 2.05) is 32.0 Å². The fourth-order valence-electron chi connectivity index (χ4n) is 3.02. The second-order valence-corrected chi connectivity index (χ2v) is 6.36. The summed E-state index contributed by atoms with van der Waals surface area (Å²) in [6.07, 6.45) is 5.38. The van der Waals surface area contributed by atoms with Gasteiger partial charge in [0.2, 0.25) is 5.91 Å². The summed E-state index contributed by atoms with van der Waals surface area (Å²) in [6.45, 7) is 4.04. The molecule has 1 amide bonds. The highest BCUT2D eigenvalue weighted by Gasteiger charge is 2.26. The maximum absolute atomic E-state index is 12.2. The van der Waals surface area contributed by atoms with Crippen molar-refractivity contribution in [2.24, 2.45) is 5.92 Å². The molecule has 2 N–H and O–H groups in total. The van der Waals surface area contributed by atoms with Gasteiger partial charge in [0.15, 0.2) is 0 Å². The molecule has 0 heterocycles. The molecule has 22 heavy (non-hydrogen) atoms. The van der Waals surface area contributed by atoms with Crippen LogP contribution in [-0.4, -0.2) is 23.0 Å². The molecule has 0 radical (unpaired) electrons. The first-order valence-electron chi connectivity index (χ1n) is 8.06. The third-order valence-electron chi connectivity index (χ3n) is 4.60. The first-order chi connectivity index (χ1) is 10.5. The van der Waals surface area contributed by atoms with Crippen LogP contribution in [0.5, 0.6) is 0 Å². The smallest absolute Gasteiger partial charge is 0.326 e. The second-order valence-electron chi connectivity index (χ2n) is 6.36. The van der Waals surface area contributed by atoms with Gasteiger partial charge in [-0.05, 0) is 43.4 Å². The Morgan fingerprint density at radius 3 is 2.45 bits per heavy atom. The number of hydrogen-bond acceptors (Lipinski definition) is 2. The zero-order valence-corrected chi connectivity index (χ0v) is 13.4. The quantitative estimate of drug-likeness (QED) is 0.878. The Kier molecular flexibility index (Phi) is 5.58. The van der Waals surface area contributed by atoms with Gasteiger partial charge in [-0.1, -0.05) is 37.5 Å². The Balaban J connectivity index is 2.01. The molecule has 1 aromatic carbocycles. The molecular weight excluding hydrogens is 278 g/mol. The van der Waals surface area contributed by atoms with Crippen LogP contribution in [0, 0.1) is 19.8 Å². The zero-order valence-electron chi connectivity index (χ0n) is 13.4. The van der Waals surface area contributed by atoms with Crippen molar-refractivity contribution in [1.82, 2.24) is 5.32 Å². The number of hydrogen-bond donors (Lipinski definition) is 2. The molecule has 0 unspecified atom stereocenters. The SMILES string of the molecule is Cc1ccc(C[C@@H](NC(=O)C2CCCCC2)C(=O)O)cc1C. The molecule has 0 bridgehead atoms. The molecule has 120 valence electrons. The minimum atomic E-state index is -0.970. The predicted molar refractivity (Wildman–Crippen MR) is 85.8 cm³/mol. The van der Waals surface area contributed by atoms with Crippen molar-refractivity contribution < 1.29 is 14.7 Å². The van der Waals surface area contributed by atoms with Gasteiger partial charge in [-0.3, -0.25) is 4.79 Å². The molecule has 1 aliphatic carbocycles. The topological polar surface area (TPSA) is 66.4 Å². The molecule has 0 aromatic heterocycles. The minimum Gasteiger partial charge on any atom is -0.480 e. The number of amides is 1. The predicted octanol–water partition coefficient (Wildman–Crippen LogP) is 3.00. The fourth-order valence-corrected chi connectivity index (χ4v) is 3.02. The van der Waals surface area contributed by atoms with Gasteiger partial charge >= 0.3 is 5.97 Å². The number of rotatable bonds is 5. The van der Waals surface area contributed by atoms with Gasteiger partial charge in [-0.2, -0.15) is 0 Å². The van der Waals surface area contributed by atoms with Gasteiger partial charge in [0.25, 0.3) is 0 Å². The number of aryl methyl sites for hydroxylation is 2. The van der Waals surface area contributed by atoms with Crippen molar-refractivity contribution in [3.63, 3.8) is 0 Å². The average molecular weight is 303 g/mol. The Bertz CT molecular complexity index is 547. The molecule has 0 spiro atoms. The molecule has 4 heteroatoms. The summed E-state index contributed by atoms with van der Waals surface area (Å²) in [5.74, 6) is -1.09. The van der Waals surface area contributed by atoms with Crippen LogP contribution in [0.4, 0.5) is 0 Å². The van der Waals surface area contributed by atoms with Crippen LogP contribution in [0.3, 0.4) is 0 Å². The van der Waals surface area contributed by atoms with Crippen LogP contribution in [0.15, 0.2) is 18.2 Å². The number of aliphatic carboxylic acids is 1. The van der Waals surface area contributed by atoms with Crippen molar-refractivity contribution >= 4 is 11.9 Å². The summed E-state index contributed by atoms with van der Waals surface area (Å²) in [5, 5.41) is 12.1. The van der Waals surface area contributed by atoms with Gasteiger partial charge in [0.05, 0.1) is 0 Å². The summed E-state index contributed by atoms with van der Waals surface area (Å²) >= 11 is 0. The molecule has 1 aromatic rings. The number of carbonyl (C=O) groups excluding carboxylic acids is 1. The lowest BCUT2D eigenvalue weighted by molar-refractivity contribution is -0.142. The van der Waals surface area contributed by atoms with E-state index in [0.717, 1.165) is 36.8 Å². The molecule has 1 saturated carbocycles. The van der Waals surface area contributed by atoms with E-state index < -0.39 is 12.0 Å². The molecular formula is C18H25NO3. The largest absolute Gasteiger partial charge is 0.480 e. The molecule has 1 fully saturated rings. The van der Waals surface area contributed by atoms with E-state index in [-0.39, 0.29) is 11.8 Å². The first-order valence-corrected chi connectivity index (χ1v) is 8.06. The van der Waals surface area contributed by atoms with Crippen LogP contribution in [0.25, 0.3) is 0 Å². The van der Waals surface area contributed by atoms with Gasteiger partial charge in [-0.15, -0.1) is 0 Å². The zero-order chi connectivity index (χ0) is 16.1. The van der Waals surface area contributed by atoms with E-state index in [1.54, 1.807) is 0 Å². The molecule has 1 atom stereocenters. The Morgan fingerprint density at radius 1 is 1.18 bits per heavy atom. The number of benzene rings is 1. The first kappa shape index (κ1) is 16.5. The molecule has 0 saturated heterocycles. The Hall–Kier alpha value is -1.84. The van der Waals surface area contributed by atoms with E-state index >= 15 is 0 Å². The Labute approximate surface area is 131 Å². The summed E-state index contributed by atoms with van der Waals surface area (Å²) in [6, 6.07) is 5.08. The van der Waals surface area contributed by atoms with Crippen LogP contribution in [0.1, 0.15) is 48.8 Å². The summed E-state index contributed by atoms with van der Waals surface area (Å²) in [5.41, 5.74) is 3.27. The number of carboxylic acids is 1.